The van der Waals surface area contributed by atoms with E-state index in [1.165, 1.54) is 11.3 Å². The fourth-order valence-electron chi connectivity index (χ4n) is 1.65. The highest BCUT2D eigenvalue weighted by Crippen LogP contribution is 2.23. The van der Waals surface area contributed by atoms with Crippen molar-refractivity contribution in [2.75, 3.05) is 0 Å². The van der Waals surface area contributed by atoms with Crippen molar-refractivity contribution in [2.45, 2.75) is 6.54 Å². The lowest BCUT2D eigenvalue weighted by Gasteiger charge is -1.97. The van der Waals surface area contributed by atoms with E-state index in [0.717, 1.165) is 23.9 Å². The van der Waals surface area contributed by atoms with Crippen LogP contribution in [0.15, 0.2) is 23.6 Å². The van der Waals surface area contributed by atoms with Crippen molar-refractivity contribution in [3.05, 3.63) is 40.9 Å². The van der Waals surface area contributed by atoms with Crippen LogP contribution in [-0.2, 0) is 6.54 Å². The number of rotatable bonds is 2. The lowest BCUT2D eigenvalue weighted by atomic mass is 10.2. The van der Waals surface area contributed by atoms with Crippen molar-refractivity contribution in [1.29, 1.82) is 0 Å². The fourth-order valence-corrected chi connectivity index (χ4v) is 2.48. The van der Waals surface area contributed by atoms with E-state index in [4.69, 9.17) is 5.73 Å². The number of thiazole rings is 1. The standard InChI is InChI=1S/C11H8F2N4S/c12-6-1-2-9(13)8(3-6)10-15-11-17(16-10)7(4-14)5-18-11/h1-3,5H,4,14H2. The van der Waals surface area contributed by atoms with Gasteiger partial charge in [-0.1, -0.05) is 0 Å². The minimum atomic E-state index is -0.552. The number of hydrogen-bond donors (Lipinski definition) is 1. The van der Waals surface area contributed by atoms with Gasteiger partial charge in [-0.2, -0.15) is 4.98 Å². The summed E-state index contributed by atoms with van der Waals surface area (Å²) in [7, 11) is 0. The first-order valence-corrected chi connectivity index (χ1v) is 6.05. The first kappa shape index (κ1) is 11.2. The minimum Gasteiger partial charge on any atom is -0.325 e. The Morgan fingerprint density at radius 2 is 2.17 bits per heavy atom. The van der Waals surface area contributed by atoms with Gasteiger partial charge in [-0.15, -0.1) is 16.4 Å². The molecule has 0 aliphatic rings. The van der Waals surface area contributed by atoms with Gasteiger partial charge in [-0.25, -0.2) is 13.3 Å². The van der Waals surface area contributed by atoms with Gasteiger partial charge >= 0.3 is 0 Å². The zero-order valence-corrected chi connectivity index (χ0v) is 9.92. The summed E-state index contributed by atoms with van der Waals surface area (Å²) in [6.07, 6.45) is 0. The predicted molar refractivity (Wildman–Crippen MR) is 64.1 cm³/mol. The third-order valence-electron chi connectivity index (χ3n) is 2.53. The molecule has 0 atom stereocenters. The first-order chi connectivity index (χ1) is 8.69. The second kappa shape index (κ2) is 4.11. The molecular weight excluding hydrogens is 258 g/mol. The van der Waals surface area contributed by atoms with Crippen LogP contribution in [0.3, 0.4) is 0 Å². The Morgan fingerprint density at radius 1 is 1.33 bits per heavy atom. The van der Waals surface area contributed by atoms with E-state index >= 15 is 0 Å². The summed E-state index contributed by atoms with van der Waals surface area (Å²) in [6, 6.07) is 3.20. The van der Waals surface area contributed by atoms with Gasteiger partial charge in [-0.3, -0.25) is 0 Å². The van der Waals surface area contributed by atoms with Gasteiger partial charge in [0, 0.05) is 11.9 Å². The van der Waals surface area contributed by atoms with Crippen molar-refractivity contribution in [3.8, 4) is 11.4 Å². The maximum atomic E-state index is 13.6. The number of aromatic nitrogens is 3. The van der Waals surface area contributed by atoms with E-state index in [1.54, 1.807) is 4.52 Å². The molecule has 0 saturated heterocycles. The molecule has 0 unspecified atom stereocenters. The Kier molecular flexibility index (Phi) is 2.57. The normalized spacial score (nSPS) is 11.3. The number of hydrogen-bond acceptors (Lipinski definition) is 4. The first-order valence-electron chi connectivity index (χ1n) is 5.17. The quantitative estimate of drug-likeness (QED) is 0.773. The molecule has 92 valence electrons. The Hall–Kier alpha value is -1.86. The Balaban J connectivity index is 2.19. The van der Waals surface area contributed by atoms with Gasteiger partial charge in [0.25, 0.3) is 0 Å². The highest BCUT2D eigenvalue weighted by Gasteiger charge is 2.14. The second-order valence-corrected chi connectivity index (χ2v) is 4.52. The third kappa shape index (κ3) is 1.68. The van der Waals surface area contributed by atoms with Crippen molar-refractivity contribution < 1.29 is 8.78 Å². The van der Waals surface area contributed by atoms with Crippen LogP contribution >= 0.6 is 11.3 Å². The molecular formula is C11H8F2N4S. The maximum Gasteiger partial charge on any atom is 0.212 e. The molecule has 0 spiro atoms. The molecule has 2 N–H and O–H groups in total. The number of nitrogens with zero attached hydrogens (tertiary/aromatic N) is 3. The molecule has 3 rings (SSSR count). The average Bonchev–Trinajstić information content (AvgIpc) is 2.91. The van der Waals surface area contributed by atoms with Crippen LogP contribution in [0.25, 0.3) is 16.3 Å². The predicted octanol–water partition coefficient (Wildman–Crippen LogP) is 2.19. The Bertz CT molecular complexity index is 719. The smallest absolute Gasteiger partial charge is 0.212 e. The van der Waals surface area contributed by atoms with Gasteiger partial charge in [0.1, 0.15) is 11.6 Å². The van der Waals surface area contributed by atoms with Crippen LogP contribution < -0.4 is 5.73 Å². The summed E-state index contributed by atoms with van der Waals surface area (Å²) in [4.78, 5) is 4.77. The molecule has 0 fully saturated rings. The molecule has 18 heavy (non-hydrogen) atoms. The summed E-state index contributed by atoms with van der Waals surface area (Å²) >= 11 is 1.36. The van der Waals surface area contributed by atoms with Crippen molar-refractivity contribution in [3.63, 3.8) is 0 Å². The van der Waals surface area contributed by atoms with Gasteiger partial charge in [0.15, 0.2) is 5.82 Å². The molecule has 0 amide bonds. The number of fused-ring (bicyclic) bond motifs is 1. The molecule has 0 radical (unpaired) electrons. The Morgan fingerprint density at radius 3 is 2.94 bits per heavy atom. The average molecular weight is 266 g/mol. The highest BCUT2D eigenvalue weighted by atomic mass is 32.1. The molecule has 0 bridgehead atoms. The largest absolute Gasteiger partial charge is 0.325 e. The molecule has 7 heteroatoms. The van der Waals surface area contributed by atoms with Crippen LogP contribution in [-0.4, -0.2) is 14.6 Å². The van der Waals surface area contributed by atoms with Crippen LogP contribution in [0.2, 0.25) is 0 Å². The van der Waals surface area contributed by atoms with E-state index in [0.29, 0.717) is 11.5 Å². The SMILES string of the molecule is NCc1csc2nc(-c3cc(F)ccc3F)nn12. The molecule has 0 aliphatic heterocycles. The van der Waals surface area contributed by atoms with Crippen LogP contribution in [0, 0.1) is 11.6 Å². The van der Waals surface area contributed by atoms with Crippen molar-refractivity contribution >= 4 is 16.3 Å². The zero-order valence-electron chi connectivity index (χ0n) is 9.10. The second-order valence-electron chi connectivity index (χ2n) is 3.69. The monoisotopic (exact) mass is 266 g/mol. The van der Waals surface area contributed by atoms with E-state index < -0.39 is 11.6 Å². The van der Waals surface area contributed by atoms with Crippen LogP contribution in [0.4, 0.5) is 8.78 Å². The molecule has 3 aromatic rings. The lowest BCUT2D eigenvalue weighted by Crippen LogP contribution is -2.01. The summed E-state index contributed by atoms with van der Waals surface area (Å²) in [5.74, 6) is -0.916. The molecule has 0 saturated carbocycles. The molecule has 0 aliphatic carbocycles. The van der Waals surface area contributed by atoms with Crippen molar-refractivity contribution in [1.82, 2.24) is 14.6 Å². The molecule has 1 aromatic carbocycles. The molecule has 4 nitrogen and oxygen atoms in total. The summed E-state index contributed by atoms with van der Waals surface area (Å²) in [6.45, 7) is 0.314. The van der Waals surface area contributed by atoms with Gasteiger partial charge in [0.2, 0.25) is 4.96 Å². The van der Waals surface area contributed by atoms with Gasteiger partial charge in [0.05, 0.1) is 11.3 Å². The van der Waals surface area contributed by atoms with E-state index in [9.17, 15) is 8.78 Å². The summed E-state index contributed by atoms with van der Waals surface area (Å²) < 4.78 is 28.3. The fraction of sp³-hybridized carbons (Fsp3) is 0.0909. The summed E-state index contributed by atoms with van der Waals surface area (Å²) in [5, 5.41) is 5.98. The number of benzene rings is 1. The maximum absolute atomic E-state index is 13.6. The van der Waals surface area contributed by atoms with Gasteiger partial charge < -0.3 is 5.73 Å². The topological polar surface area (TPSA) is 56.2 Å². The molecule has 2 heterocycles. The Labute approximate surface area is 105 Å². The van der Waals surface area contributed by atoms with E-state index in [1.807, 2.05) is 5.38 Å². The van der Waals surface area contributed by atoms with Crippen LogP contribution in [0.5, 0.6) is 0 Å². The van der Waals surface area contributed by atoms with Gasteiger partial charge in [-0.05, 0) is 18.2 Å². The van der Waals surface area contributed by atoms with E-state index in [-0.39, 0.29) is 11.4 Å². The minimum absolute atomic E-state index is 0.0499. The van der Waals surface area contributed by atoms with Crippen LogP contribution in [0.1, 0.15) is 5.69 Å². The lowest BCUT2D eigenvalue weighted by molar-refractivity contribution is 0.602. The molecule has 2 aromatic heterocycles. The number of nitrogens with two attached hydrogens (primary N) is 1. The number of halogens is 2. The highest BCUT2D eigenvalue weighted by molar-refractivity contribution is 7.15. The third-order valence-corrected chi connectivity index (χ3v) is 3.39. The summed E-state index contributed by atoms with van der Waals surface area (Å²) in [5.41, 5.74) is 6.38. The van der Waals surface area contributed by atoms with Crippen molar-refractivity contribution in [2.24, 2.45) is 5.73 Å². The zero-order chi connectivity index (χ0) is 12.7. The van der Waals surface area contributed by atoms with E-state index in [2.05, 4.69) is 10.1 Å².